The molecule has 0 spiro atoms. The topological polar surface area (TPSA) is 70.4 Å². The lowest BCUT2D eigenvalue weighted by molar-refractivity contribution is -0.138. The van der Waals surface area contributed by atoms with Gasteiger partial charge in [0.2, 0.25) is 0 Å². The zero-order valence-electron chi connectivity index (χ0n) is 23.0. The molecule has 0 unspecified atom stereocenters. The summed E-state index contributed by atoms with van der Waals surface area (Å²) in [6.07, 6.45) is 13.1. The van der Waals surface area contributed by atoms with E-state index in [4.69, 9.17) is 4.98 Å². The van der Waals surface area contributed by atoms with Crippen molar-refractivity contribution in [1.82, 2.24) is 4.98 Å². The smallest absolute Gasteiger partial charge is 0.303 e. The van der Waals surface area contributed by atoms with Gasteiger partial charge < -0.3 is 10.2 Å². The molecular weight excluding hydrogens is 523 g/mol. The lowest BCUT2D eigenvalue weighted by Crippen LogP contribution is -2.18. The van der Waals surface area contributed by atoms with Crippen molar-refractivity contribution < 1.29 is 15.0 Å². The lowest BCUT2D eigenvalue weighted by Gasteiger charge is -2.24. The minimum absolute atomic E-state index is 0.0544. The van der Waals surface area contributed by atoms with Gasteiger partial charge in [-0.25, -0.2) is 4.98 Å². The fourth-order valence-electron chi connectivity index (χ4n) is 5.59. The first-order valence-electron chi connectivity index (χ1n) is 14.1. The Hall–Kier alpha value is -2.41. The number of carbonyl (C=O) groups is 1. The highest BCUT2D eigenvalue weighted by Gasteiger charge is 2.44. The first kappa shape index (κ1) is 28.1. The number of carboxylic acids is 1. The van der Waals surface area contributed by atoms with Gasteiger partial charge in [-0.15, -0.1) is 11.3 Å². The summed E-state index contributed by atoms with van der Waals surface area (Å²) >= 11 is 3.73. The molecule has 6 heteroatoms. The third kappa shape index (κ3) is 7.41. The summed E-state index contributed by atoms with van der Waals surface area (Å²) in [7, 11) is 0. The molecule has 1 aromatic heterocycles. The zero-order valence-corrected chi connectivity index (χ0v) is 24.6. The van der Waals surface area contributed by atoms with E-state index in [0.29, 0.717) is 0 Å². The van der Waals surface area contributed by atoms with Crippen molar-refractivity contribution in [2.45, 2.75) is 82.5 Å². The first-order valence-corrected chi connectivity index (χ1v) is 16.0. The molecule has 0 amide bonds. The Balaban J connectivity index is 1.35. The largest absolute Gasteiger partial charge is 0.481 e. The van der Waals surface area contributed by atoms with Gasteiger partial charge in [0.15, 0.2) is 0 Å². The molecule has 5 rings (SSSR count). The third-order valence-corrected chi connectivity index (χ3v) is 10.8. The van der Waals surface area contributed by atoms with Gasteiger partial charge in [-0.1, -0.05) is 54.6 Å². The number of hydrogen-bond donors (Lipinski definition) is 2. The van der Waals surface area contributed by atoms with Crippen LogP contribution in [-0.4, -0.2) is 26.9 Å². The number of aryl methyl sites for hydroxylation is 3. The Kier molecular flexibility index (Phi) is 8.65. The van der Waals surface area contributed by atoms with Crippen molar-refractivity contribution in [1.29, 1.82) is 0 Å². The monoisotopic (exact) mass is 561 g/mol. The van der Waals surface area contributed by atoms with E-state index < -0.39 is 11.6 Å². The molecule has 1 atom stereocenters. The molecule has 2 aliphatic carbocycles. The van der Waals surface area contributed by atoms with E-state index >= 15 is 0 Å². The SMILES string of the molecule is CC(C)(O)c1ccccc1CC[C@@H](SCC1(CC(=O)O)CC1)c1cccc(/C=C/c2nc3c(s2)CCCC3)c1. The summed E-state index contributed by atoms with van der Waals surface area (Å²) in [6.45, 7) is 3.69. The van der Waals surface area contributed by atoms with Crippen LogP contribution < -0.4 is 0 Å². The van der Waals surface area contributed by atoms with E-state index in [1.807, 2.05) is 55.1 Å². The zero-order chi connectivity index (χ0) is 27.5. The maximum Gasteiger partial charge on any atom is 0.303 e. The summed E-state index contributed by atoms with van der Waals surface area (Å²) in [5, 5.41) is 21.5. The maximum absolute atomic E-state index is 11.5. The molecule has 1 heterocycles. The van der Waals surface area contributed by atoms with Gasteiger partial charge in [0.25, 0.3) is 0 Å². The Morgan fingerprint density at radius 1 is 1.13 bits per heavy atom. The van der Waals surface area contributed by atoms with E-state index in [1.165, 1.54) is 34.5 Å². The van der Waals surface area contributed by atoms with Crippen molar-refractivity contribution in [2.75, 3.05) is 5.75 Å². The van der Waals surface area contributed by atoms with Gasteiger partial charge in [-0.3, -0.25) is 4.79 Å². The molecule has 206 valence electrons. The van der Waals surface area contributed by atoms with Crippen molar-refractivity contribution in [2.24, 2.45) is 5.41 Å². The quantitative estimate of drug-likeness (QED) is 0.234. The van der Waals surface area contributed by atoms with E-state index in [2.05, 4.69) is 42.5 Å². The maximum atomic E-state index is 11.5. The molecule has 0 saturated heterocycles. The van der Waals surface area contributed by atoms with Crippen molar-refractivity contribution in [3.05, 3.63) is 86.4 Å². The summed E-state index contributed by atoms with van der Waals surface area (Å²) in [4.78, 5) is 17.8. The molecule has 1 fully saturated rings. The van der Waals surface area contributed by atoms with E-state index in [9.17, 15) is 15.0 Å². The van der Waals surface area contributed by atoms with Crippen LogP contribution in [0.4, 0.5) is 0 Å². The summed E-state index contributed by atoms with van der Waals surface area (Å²) in [6, 6.07) is 16.9. The Morgan fingerprint density at radius 2 is 1.92 bits per heavy atom. The summed E-state index contributed by atoms with van der Waals surface area (Å²) in [5.74, 6) is 0.168. The van der Waals surface area contributed by atoms with E-state index in [0.717, 1.165) is 60.4 Å². The van der Waals surface area contributed by atoms with Crippen LogP contribution in [0.25, 0.3) is 12.2 Å². The van der Waals surface area contributed by atoms with Gasteiger partial charge in [0.1, 0.15) is 5.01 Å². The highest BCUT2D eigenvalue weighted by molar-refractivity contribution is 7.99. The van der Waals surface area contributed by atoms with Crippen LogP contribution in [0.2, 0.25) is 0 Å². The number of thioether (sulfide) groups is 1. The molecule has 4 nitrogen and oxygen atoms in total. The minimum atomic E-state index is -0.890. The number of fused-ring (bicyclic) bond motifs is 1. The number of hydrogen-bond acceptors (Lipinski definition) is 5. The van der Waals surface area contributed by atoms with Crippen LogP contribution >= 0.6 is 23.1 Å². The van der Waals surface area contributed by atoms with Crippen LogP contribution in [0.3, 0.4) is 0 Å². The number of nitrogens with zero attached hydrogens (tertiary/aromatic N) is 1. The molecule has 0 aliphatic heterocycles. The van der Waals surface area contributed by atoms with Crippen LogP contribution in [0.15, 0.2) is 48.5 Å². The predicted molar refractivity (Wildman–Crippen MR) is 163 cm³/mol. The second kappa shape index (κ2) is 12.0. The Morgan fingerprint density at radius 3 is 2.67 bits per heavy atom. The molecule has 1 saturated carbocycles. The van der Waals surface area contributed by atoms with E-state index in [1.54, 1.807) is 0 Å². The molecule has 2 aromatic carbocycles. The van der Waals surface area contributed by atoms with Gasteiger partial charge in [0, 0.05) is 15.9 Å². The number of thiazole rings is 1. The number of benzene rings is 2. The molecule has 39 heavy (non-hydrogen) atoms. The molecular formula is C33H39NO3S2. The van der Waals surface area contributed by atoms with Crippen molar-refractivity contribution in [3.63, 3.8) is 0 Å². The van der Waals surface area contributed by atoms with Crippen LogP contribution in [0.1, 0.15) is 95.5 Å². The highest BCUT2D eigenvalue weighted by Crippen LogP contribution is 2.53. The van der Waals surface area contributed by atoms with Gasteiger partial charge in [0.05, 0.1) is 17.7 Å². The fraction of sp³-hybridized carbons (Fsp3) is 0.455. The van der Waals surface area contributed by atoms with Crippen LogP contribution in [-0.2, 0) is 29.7 Å². The molecule has 0 radical (unpaired) electrons. The number of aliphatic hydroxyl groups is 1. The second-order valence-corrected chi connectivity index (χ2v) is 14.1. The van der Waals surface area contributed by atoms with Gasteiger partial charge >= 0.3 is 5.97 Å². The average molecular weight is 562 g/mol. The highest BCUT2D eigenvalue weighted by atomic mass is 32.2. The summed E-state index contributed by atoms with van der Waals surface area (Å²) in [5.41, 5.74) is 4.92. The Bertz CT molecular complexity index is 1310. The van der Waals surface area contributed by atoms with Crippen LogP contribution in [0.5, 0.6) is 0 Å². The van der Waals surface area contributed by atoms with Gasteiger partial charge in [-0.05, 0) is 99.0 Å². The molecule has 0 bridgehead atoms. The lowest BCUT2D eigenvalue weighted by atomic mass is 9.90. The summed E-state index contributed by atoms with van der Waals surface area (Å²) < 4.78 is 0. The van der Waals surface area contributed by atoms with E-state index in [-0.39, 0.29) is 17.1 Å². The molecule has 3 aromatic rings. The number of carboxylic acid groups (broad SMARTS) is 1. The Labute approximate surface area is 240 Å². The van der Waals surface area contributed by atoms with Crippen molar-refractivity contribution >= 4 is 41.2 Å². The minimum Gasteiger partial charge on any atom is -0.481 e. The van der Waals surface area contributed by atoms with Crippen molar-refractivity contribution in [3.8, 4) is 0 Å². The molecule has 2 aliphatic rings. The number of aromatic nitrogens is 1. The second-order valence-electron chi connectivity index (χ2n) is 11.8. The standard InChI is InChI=1S/C33H39NO3S2/c1-32(2,37)26-11-4-3-9-24(26)15-16-28(38-22-33(18-19-33)21-31(35)36)25-10-7-8-23(20-25)14-17-30-34-27-12-5-6-13-29(27)39-30/h3-4,7-11,14,17,20,28,37H,5-6,12-13,15-16,18-19,21-22H2,1-2H3,(H,35,36)/b17-14+/t28-/m1/s1. The first-order chi connectivity index (χ1) is 18.7. The predicted octanol–water partition coefficient (Wildman–Crippen LogP) is 8.08. The number of aliphatic carboxylic acids is 1. The number of rotatable bonds is 12. The van der Waals surface area contributed by atoms with Gasteiger partial charge in [-0.2, -0.15) is 11.8 Å². The molecule has 2 N–H and O–H groups in total. The average Bonchev–Trinajstić information content (AvgIpc) is 3.53. The van der Waals surface area contributed by atoms with Crippen LogP contribution in [0, 0.1) is 5.41 Å². The fourth-order valence-corrected chi connectivity index (χ4v) is 8.21. The normalized spacial score (nSPS) is 17.2. The third-order valence-electron chi connectivity index (χ3n) is 7.99.